The number of aryl methyl sites for hydroxylation is 4. The van der Waals surface area contributed by atoms with E-state index in [0.29, 0.717) is 27.3 Å². The normalized spacial score (nSPS) is 14.4. The molecule has 1 heterocycles. The number of hydrogen-bond donors (Lipinski definition) is 1. The number of anilines is 1. The summed E-state index contributed by atoms with van der Waals surface area (Å²) in [5.74, 6) is -0.0457. The van der Waals surface area contributed by atoms with Gasteiger partial charge in [-0.05, 0) is 69.4 Å². The molecule has 1 aliphatic rings. The number of rotatable bonds is 4. The Morgan fingerprint density at radius 1 is 0.926 bits per heavy atom. The molecular weight excluding hydrogens is 360 g/mol. The van der Waals surface area contributed by atoms with Gasteiger partial charge >= 0.3 is 0 Å². The first-order valence-corrected chi connectivity index (χ1v) is 10.7. The molecule has 1 saturated heterocycles. The number of benzene rings is 2. The third kappa shape index (κ3) is 4.00. The van der Waals surface area contributed by atoms with Crippen molar-refractivity contribution in [3.8, 4) is 0 Å². The quantitative estimate of drug-likeness (QED) is 0.865. The molecule has 1 N–H and O–H groups in total. The molecule has 2 aromatic rings. The molecule has 1 aliphatic heterocycles. The Labute approximate surface area is 161 Å². The van der Waals surface area contributed by atoms with Crippen molar-refractivity contribution in [2.24, 2.45) is 0 Å². The minimum atomic E-state index is -3.75. The number of hydrogen-bond acceptors (Lipinski definition) is 3. The van der Waals surface area contributed by atoms with E-state index in [1.54, 1.807) is 32.0 Å². The summed E-state index contributed by atoms with van der Waals surface area (Å²) in [4.78, 5) is 14.8. The molecule has 3 rings (SSSR count). The Morgan fingerprint density at radius 2 is 1.52 bits per heavy atom. The van der Waals surface area contributed by atoms with Crippen molar-refractivity contribution in [3.05, 3.63) is 58.1 Å². The molecular formula is C21H26N2O3S. The molecule has 27 heavy (non-hydrogen) atoms. The number of nitrogens with one attached hydrogen (secondary N) is 1. The summed E-state index contributed by atoms with van der Waals surface area (Å²) in [5.41, 5.74) is 4.18. The maximum absolute atomic E-state index is 13.0. The monoisotopic (exact) mass is 386 g/mol. The highest BCUT2D eigenvalue weighted by Gasteiger charge is 2.23. The van der Waals surface area contributed by atoms with E-state index in [-0.39, 0.29) is 5.91 Å². The van der Waals surface area contributed by atoms with E-state index in [0.717, 1.165) is 37.1 Å². The molecule has 1 fully saturated rings. The van der Waals surface area contributed by atoms with Crippen LogP contribution in [0.5, 0.6) is 0 Å². The largest absolute Gasteiger partial charge is 0.339 e. The van der Waals surface area contributed by atoms with E-state index in [1.807, 2.05) is 30.9 Å². The van der Waals surface area contributed by atoms with Gasteiger partial charge in [-0.3, -0.25) is 9.52 Å². The molecule has 0 aliphatic carbocycles. The lowest BCUT2D eigenvalue weighted by Crippen LogP contribution is -2.27. The van der Waals surface area contributed by atoms with Gasteiger partial charge in [0.15, 0.2) is 0 Å². The summed E-state index contributed by atoms with van der Waals surface area (Å²) in [6.45, 7) is 8.90. The van der Waals surface area contributed by atoms with E-state index in [1.165, 1.54) is 0 Å². The van der Waals surface area contributed by atoms with E-state index in [4.69, 9.17) is 0 Å². The number of carbonyl (C=O) groups excluding carboxylic acids is 1. The number of likely N-dealkylation sites (tertiary alicyclic amines) is 1. The van der Waals surface area contributed by atoms with Gasteiger partial charge in [0.05, 0.1) is 10.6 Å². The first-order chi connectivity index (χ1) is 12.7. The van der Waals surface area contributed by atoms with Crippen molar-refractivity contribution in [3.63, 3.8) is 0 Å². The molecule has 6 heteroatoms. The molecule has 0 aromatic heterocycles. The van der Waals surface area contributed by atoms with Crippen LogP contribution in [0.25, 0.3) is 0 Å². The molecule has 0 bridgehead atoms. The first kappa shape index (κ1) is 19.4. The van der Waals surface area contributed by atoms with E-state index >= 15 is 0 Å². The predicted molar refractivity (Wildman–Crippen MR) is 108 cm³/mol. The van der Waals surface area contributed by atoms with E-state index in [9.17, 15) is 13.2 Å². The maximum Gasteiger partial charge on any atom is 0.262 e. The highest BCUT2D eigenvalue weighted by Crippen LogP contribution is 2.27. The molecule has 1 amide bonds. The molecule has 0 spiro atoms. The topological polar surface area (TPSA) is 66.5 Å². The fraction of sp³-hybridized carbons (Fsp3) is 0.381. The summed E-state index contributed by atoms with van der Waals surface area (Å²) in [6.07, 6.45) is 2.03. The number of nitrogens with zero attached hydrogens (tertiary/aromatic N) is 1. The van der Waals surface area contributed by atoms with Crippen LogP contribution in [0, 0.1) is 27.7 Å². The van der Waals surface area contributed by atoms with Crippen molar-refractivity contribution in [1.82, 2.24) is 4.90 Å². The van der Waals surface area contributed by atoms with Crippen LogP contribution in [-0.4, -0.2) is 32.3 Å². The summed E-state index contributed by atoms with van der Waals surface area (Å²) in [7, 11) is -3.75. The molecule has 144 valence electrons. The van der Waals surface area contributed by atoms with Gasteiger partial charge in [-0.2, -0.15) is 0 Å². The lowest BCUT2D eigenvalue weighted by atomic mass is 10.1. The van der Waals surface area contributed by atoms with Gasteiger partial charge in [0.2, 0.25) is 0 Å². The summed E-state index contributed by atoms with van der Waals surface area (Å²) in [6, 6.07) is 8.92. The molecule has 0 saturated carbocycles. The van der Waals surface area contributed by atoms with Gasteiger partial charge < -0.3 is 4.90 Å². The number of amides is 1. The van der Waals surface area contributed by atoms with Gasteiger partial charge in [0.25, 0.3) is 15.9 Å². The van der Waals surface area contributed by atoms with Crippen LogP contribution >= 0.6 is 0 Å². The summed E-state index contributed by atoms with van der Waals surface area (Å²) in [5, 5.41) is 0. The Morgan fingerprint density at radius 3 is 2.11 bits per heavy atom. The fourth-order valence-electron chi connectivity index (χ4n) is 3.75. The van der Waals surface area contributed by atoms with Crippen LogP contribution in [0.1, 0.15) is 45.5 Å². The van der Waals surface area contributed by atoms with Crippen molar-refractivity contribution < 1.29 is 13.2 Å². The van der Waals surface area contributed by atoms with Crippen molar-refractivity contribution in [2.75, 3.05) is 17.8 Å². The number of carbonyl (C=O) groups is 1. The van der Waals surface area contributed by atoms with E-state index in [2.05, 4.69) is 4.72 Å². The molecule has 0 radical (unpaired) electrons. The van der Waals surface area contributed by atoms with Crippen LogP contribution in [0.2, 0.25) is 0 Å². The SMILES string of the molecule is Cc1cc(C)c(S(=O)(=O)Nc2cc(C(=O)N3CCCC3)ccc2C)c(C)c1. The molecule has 2 aromatic carbocycles. The zero-order valence-corrected chi connectivity index (χ0v) is 17.1. The Kier molecular flexibility index (Phi) is 5.29. The van der Waals surface area contributed by atoms with Gasteiger partial charge in [-0.1, -0.05) is 23.8 Å². The third-order valence-electron chi connectivity index (χ3n) is 5.00. The smallest absolute Gasteiger partial charge is 0.262 e. The summed E-state index contributed by atoms with van der Waals surface area (Å²) < 4.78 is 28.8. The number of sulfonamides is 1. The second-order valence-corrected chi connectivity index (χ2v) is 8.98. The van der Waals surface area contributed by atoms with Crippen LogP contribution in [0.15, 0.2) is 35.2 Å². The summed E-state index contributed by atoms with van der Waals surface area (Å²) >= 11 is 0. The minimum absolute atomic E-state index is 0.0457. The fourth-order valence-corrected chi connectivity index (χ4v) is 5.33. The van der Waals surface area contributed by atoms with Crippen LogP contribution in [-0.2, 0) is 10.0 Å². The predicted octanol–water partition coefficient (Wildman–Crippen LogP) is 3.96. The Balaban J connectivity index is 1.95. The zero-order valence-electron chi connectivity index (χ0n) is 16.3. The second kappa shape index (κ2) is 7.35. The highest BCUT2D eigenvalue weighted by atomic mass is 32.2. The van der Waals surface area contributed by atoms with Crippen LogP contribution in [0.4, 0.5) is 5.69 Å². The Bertz CT molecular complexity index is 967. The van der Waals surface area contributed by atoms with Crippen LogP contribution < -0.4 is 4.72 Å². The second-order valence-electron chi connectivity index (χ2n) is 7.36. The maximum atomic E-state index is 13.0. The molecule has 5 nitrogen and oxygen atoms in total. The standard InChI is InChI=1S/C21H26N2O3S/c1-14-11-16(3)20(17(4)12-14)27(25,26)22-19-13-18(8-7-15(19)2)21(24)23-9-5-6-10-23/h7-8,11-13,22H,5-6,9-10H2,1-4H3. The van der Waals surface area contributed by atoms with Crippen molar-refractivity contribution >= 4 is 21.6 Å². The third-order valence-corrected chi connectivity index (χ3v) is 6.67. The van der Waals surface area contributed by atoms with E-state index < -0.39 is 10.0 Å². The van der Waals surface area contributed by atoms with Crippen molar-refractivity contribution in [2.45, 2.75) is 45.4 Å². The van der Waals surface area contributed by atoms with Crippen molar-refractivity contribution in [1.29, 1.82) is 0 Å². The first-order valence-electron chi connectivity index (χ1n) is 9.19. The lowest BCUT2D eigenvalue weighted by molar-refractivity contribution is 0.0793. The average Bonchev–Trinajstić information content (AvgIpc) is 3.09. The molecule has 0 unspecified atom stereocenters. The van der Waals surface area contributed by atoms with Gasteiger partial charge in [-0.15, -0.1) is 0 Å². The highest BCUT2D eigenvalue weighted by molar-refractivity contribution is 7.92. The lowest BCUT2D eigenvalue weighted by Gasteiger charge is -2.18. The Hall–Kier alpha value is -2.34. The van der Waals surface area contributed by atoms with Gasteiger partial charge in [0, 0.05) is 18.7 Å². The average molecular weight is 387 g/mol. The molecule has 0 atom stereocenters. The van der Waals surface area contributed by atoms with Gasteiger partial charge in [0.1, 0.15) is 0 Å². The minimum Gasteiger partial charge on any atom is -0.339 e. The zero-order chi connectivity index (χ0) is 19.8. The van der Waals surface area contributed by atoms with Gasteiger partial charge in [-0.25, -0.2) is 8.42 Å². The van der Waals surface area contributed by atoms with Crippen LogP contribution in [0.3, 0.4) is 0 Å².